The second-order valence-electron chi connectivity index (χ2n) is 5.43. The van der Waals surface area contributed by atoms with Crippen LogP contribution < -0.4 is 10.0 Å². The summed E-state index contributed by atoms with van der Waals surface area (Å²) >= 11 is 0. The van der Waals surface area contributed by atoms with Crippen molar-refractivity contribution in [1.29, 1.82) is 0 Å². The van der Waals surface area contributed by atoms with Crippen molar-refractivity contribution in [2.75, 3.05) is 10.5 Å². The molecule has 0 saturated heterocycles. The Kier molecular flexibility index (Phi) is 5.98. The van der Waals surface area contributed by atoms with Crippen molar-refractivity contribution in [1.82, 2.24) is 5.32 Å². The van der Waals surface area contributed by atoms with E-state index in [4.69, 9.17) is 0 Å². The third kappa shape index (κ3) is 4.83. The van der Waals surface area contributed by atoms with Crippen molar-refractivity contribution in [3.05, 3.63) is 65.7 Å². The Balaban J connectivity index is 2.07. The lowest BCUT2D eigenvalue weighted by Gasteiger charge is -2.17. The van der Waals surface area contributed by atoms with Crippen molar-refractivity contribution in [3.8, 4) is 0 Å². The molecule has 6 heteroatoms. The molecule has 0 aliphatic carbocycles. The quantitative estimate of drug-likeness (QED) is 0.807. The maximum Gasteiger partial charge on any atom is 0.251 e. The van der Waals surface area contributed by atoms with Gasteiger partial charge in [0, 0.05) is 11.3 Å². The van der Waals surface area contributed by atoms with Gasteiger partial charge in [-0.05, 0) is 43.2 Å². The molecule has 1 amide bonds. The standard InChI is InChI=1S/C18H22N2O3S/c1-3-17(14-8-6-5-7-9-14)19-18(21)15-10-12-16(13-11-15)20-24(22,23)4-2/h5-13,17,20H,3-4H2,1-2H3,(H,19,21). The van der Waals surface area contributed by atoms with Crippen LogP contribution in [0, 0.1) is 0 Å². The van der Waals surface area contributed by atoms with Gasteiger partial charge in [0.05, 0.1) is 11.8 Å². The molecule has 2 N–H and O–H groups in total. The van der Waals surface area contributed by atoms with Gasteiger partial charge in [0.1, 0.15) is 0 Å². The zero-order valence-electron chi connectivity index (χ0n) is 13.8. The normalized spacial score (nSPS) is 12.4. The van der Waals surface area contributed by atoms with Gasteiger partial charge >= 0.3 is 0 Å². The maximum absolute atomic E-state index is 12.4. The van der Waals surface area contributed by atoms with Crippen molar-refractivity contribution in [3.63, 3.8) is 0 Å². The minimum atomic E-state index is -3.32. The second-order valence-corrected chi connectivity index (χ2v) is 7.44. The van der Waals surface area contributed by atoms with E-state index in [1.807, 2.05) is 37.3 Å². The molecular weight excluding hydrogens is 324 g/mol. The molecule has 0 saturated carbocycles. The fourth-order valence-electron chi connectivity index (χ4n) is 2.29. The molecule has 1 unspecified atom stereocenters. The highest BCUT2D eigenvalue weighted by atomic mass is 32.2. The third-order valence-corrected chi connectivity index (χ3v) is 5.02. The predicted octanol–water partition coefficient (Wildman–Crippen LogP) is 3.33. The van der Waals surface area contributed by atoms with E-state index in [9.17, 15) is 13.2 Å². The van der Waals surface area contributed by atoms with Crippen LogP contribution in [0.3, 0.4) is 0 Å². The topological polar surface area (TPSA) is 75.3 Å². The van der Waals surface area contributed by atoms with Crippen LogP contribution in [0.1, 0.15) is 42.2 Å². The lowest BCUT2D eigenvalue weighted by atomic mass is 10.0. The van der Waals surface area contributed by atoms with E-state index < -0.39 is 10.0 Å². The molecule has 128 valence electrons. The number of hydrogen-bond donors (Lipinski definition) is 2. The Morgan fingerprint density at radius 3 is 2.17 bits per heavy atom. The molecule has 0 fully saturated rings. The molecule has 1 atom stereocenters. The Bertz CT molecular complexity index is 772. The SMILES string of the molecule is CCC(NC(=O)c1ccc(NS(=O)(=O)CC)cc1)c1ccccc1. The summed E-state index contributed by atoms with van der Waals surface area (Å²) in [7, 11) is -3.32. The summed E-state index contributed by atoms with van der Waals surface area (Å²) in [6.07, 6.45) is 0.782. The van der Waals surface area contributed by atoms with Crippen LogP contribution in [0.5, 0.6) is 0 Å². The number of hydrogen-bond acceptors (Lipinski definition) is 3. The molecular formula is C18H22N2O3S. The summed E-state index contributed by atoms with van der Waals surface area (Å²) in [5.74, 6) is -0.180. The molecule has 2 aromatic rings. The van der Waals surface area contributed by atoms with Gasteiger partial charge in [-0.15, -0.1) is 0 Å². The largest absolute Gasteiger partial charge is 0.345 e. The van der Waals surface area contributed by atoms with Gasteiger partial charge in [-0.2, -0.15) is 0 Å². The summed E-state index contributed by atoms with van der Waals surface area (Å²) in [5, 5.41) is 3.00. The van der Waals surface area contributed by atoms with Crippen LogP contribution in [-0.4, -0.2) is 20.1 Å². The summed E-state index contributed by atoms with van der Waals surface area (Å²) in [4.78, 5) is 12.4. The molecule has 0 aliphatic heterocycles. The molecule has 5 nitrogen and oxygen atoms in total. The summed E-state index contributed by atoms with van der Waals surface area (Å²) in [6, 6.07) is 16.1. The molecule has 0 heterocycles. The van der Waals surface area contributed by atoms with Gasteiger partial charge in [-0.3, -0.25) is 9.52 Å². The average molecular weight is 346 g/mol. The molecule has 0 aromatic heterocycles. The minimum Gasteiger partial charge on any atom is -0.345 e. The molecule has 0 bridgehead atoms. The first-order valence-corrected chi connectivity index (χ1v) is 9.56. The molecule has 0 radical (unpaired) electrons. The maximum atomic E-state index is 12.4. The van der Waals surface area contributed by atoms with Crippen molar-refractivity contribution >= 4 is 21.6 Å². The first-order chi connectivity index (χ1) is 11.4. The van der Waals surface area contributed by atoms with Gasteiger partial charge in [-0.1, -0.05) is 37.3 Å². The van der Waals surface area contributed by atoms with E-state index >= 15 is 0 Å². The zero-order valence-corrected chi connectivity index (χ0v) is 14.6. The predicted molar refractivity (Wildman–Crippen MR) is 96.5 cm³/mol. The van der Waals surface area contributed by atoms with E-state index in [-0.39, 0.29) is 17.7 Å². The fourth-order valence-corrected chi connectivity index (χ4v) is 2.93. The number of carbonyl (C=O) groups excluding carboxylic acids is 1. The van der Waals surface area contributed by atoms with Crippen LogP contribution in [0.4, 0.5) is 5.69 Å². The summed E-state index contributed by atoms with van der Waals surface area (Å²) in [5.41, 5.74) is 1.99. The molecule has 2 aromatic carbocycles. The smallest absolute Gasteiger partial charge is 0.251 e. The third-order valence-electron chi connectivity index (χ3n) is 3.72. The van der Waals surface area contributed by atoms with Crippen LogP contribution in [-0.2, 0) is 10.0 Å². The lowest BCUT2D eigenvalue weighted by Crippen LogP contribution is -2.28. The first kappa shape index (κ1) is 18.0. The van der Waals surface area contributed by atoms with Gasteiger partial charge in [0.2, 0.25) is 10.0 Å². The van der Waals surface area contributed by atoms with Gasteiger partial charge in [0.25, 0.3) is 5.91 Å². The van der Waals surface area contributed by atoms with Gasteiger partial charge < -0.3 is 5.32 Å². The summed E-state index contributed by atoms with van der Waals surface area (Å²) < 4.78 is 25.5. The van der Waals surface area contributed by atoms with E-state index in [1.54, 1.807) is 31.2 Å². The number of sulfonamides is 1. The first-order valence-electron chi connectivity index (χ1n) is 7.91. The number of nitrogens with one attached hydrogen (secondary N) is 2. The van der Waals surface area contributed by atoms with Crippen LogP contribution in [0.25, 0.3) is 0 Å². The van der Waals surface area contributed by atoms with Crippen molar-refractivity contribution in [2.24, 2.45) is 0 Å². The Morgan fingerprint density at radius 1 is 1.00 bits per heavy atom. The molecule has 0 aliphatic rings. The number of anilines is 1. The van der Waals surface area contributed by atoms with E-state index in [0.29, 0.717) is 11.3 Å². The molecule has 24 heavy (non-hydrogen) atoms. The van der Waals surface area contributed by atoms with Gasteiger partial charge in [0.15, 0.2) is 0 Å². The highest BCUT2D eigenvalue weighted by Gasteiger charge is 2.14. The van der Waals surface area contributed by atoms with E-state index in [2.05, 4.69) is 10.0 Å². The van der Waals surface area contributed by atoms with E-state index in [0.717, 1.165) is 12.0 Å². The Morgan fingerprint density at radius 2 is 1.62 bits per heavy atom. The fraction of sp³-hybridized carbons (Fsp3) is 0.278. The highest BCUT2D eigenvalue weighted by molar-refractivity contribution is 7.92. The average Bonchev–Trinajstić information content (AvgIpc) is 2.60. The number of benzene rings is 2. The molecule has 0 spiro atoms. The number of rotatable bonds is 7. The van der Waals surface area contributed by atoms with Crippen molar-refractivity contribution < 1.29 is 13.2 Å². The summed E-state index contributed by atoms with van der Waals surface area (Å²) in [6.45, 7) is 3.58. The van der Waals surface area contributed by atoms with Crippen LogP contribution >= 0.6 is 0 Å². The molecule has 2 rings (SSSR count). The number of amides is 1. The highest BCUT2D eigenvalue weighted by Crippen LogP contribution is 2.17. The Hall–Kier alpha value is -2.34. The van der Waals surface area contributed by atoms with Crippen LogP contribution in [0.2, 0.25) is 0 Å². The lowest BCUT2D eigenvalue weighted by molar-refractivity contribution is 0.0935. The Labute approximate surface area is 143 Å². The monoisotopic (exact) mass is 346 g/mol. The second kappa shape index (κ2) is 7.97. The number of carbonyl (C=O) groups is 1. The van der Waals surface area contributed by atoms with Gasteiger partial charge in [-0.25, -0.2) is 8.42 Å². The van der Waals surface area contributed by atoms with E-state index in [1.165, 1.54) is 0 Å². The minimum absolute atomic E-state index is 0.00446. The zero-order chi connectivity index (χ0) is 17.6. The van der Waals surface area contributed by atoms with Crippen LogP contribution in [0.15, 0.2) is 54.6 Å². The van der Waals surface area contributed by atoms with Crippen molar-refractivity contribution in [2.45, 2.75) is 26.3 Å².